The van der Waals surface area contributed by atoms with Crippen molar-refractivity contribution in [2.24, 2.45) is 0 Å². The third-order valence-corrected chi connectivity index (χ3v) is 3.67. The maximum Gasteiger partial charge on any atom is 0.203 e. The highest BCUT2D eigenvalue weighted by atomic mass is 16.5. The Labute approximate surface area is 141 Å². The summed E-state index contributed by atoms with van der Waals surface area (Å²) in [5, 5.41) is 0. The number of carbonyl (C=O) groups is 1. The summed E-state index contributed by atoms with van der Waals surface area (Å²) in [6, 6.07) is 8.85. The summed E-state index contributed by atoms with van der Waals surface area (Å²) in [7, 11) is 6.18. The Morgan fingerprint density at radius 3 is 2.08 bits per heavy atom. The van der Waals surface area contributed by atoms with E-state index >= 15 is 0 Å². The summed E-state index contributed by atoms with van der Waals surface area (Å²) in [6.07, 6.45) is 1.27. The molecule has 0 saturated carbocycles. The Bertz CT molecular complexity index is 765. The molecule has 24 heavy (non-hydrogen) atoms. The second-order valence-electron chi connectivity index (χ2n) is 4.86. The van der Waals surface area contributed by atoms with Crippen molar-refractivity contribution >= 4 is 5.78 Å². The largest absolute Gasteiger partial charge is 0.497 e. The maximum absolute atomic E-state index is 12.3. The molecule has 0 saturated heterocycles. The normalized spacial score (nSPS) is 10.0. The van der Waals surface area contributed by atoms with E-state index in [0.717, 1.165) is 0 Å². The Kier molecular flexibility index (Phi) is 5.47. The van der Waals surface area contributed by atoms with E-state index in [4.69, 9.17) is 18.9 Å². The van der Waals surface area contributed by atoms with Crippen LogP contribution in [0.2, 0.25) is 0 Å². The van der Waals surface area contributed by atoms with Gasteiger partial charge in [0.2, 0.25) is 5.75 Å². The molecule has 126 valence electrons. The number of carbonyl (C=O) groups excluding carboxylic acids is 1. The number of ketones is 1. The van der Waals surface area contributed by atoms with Gasteiger partial charge in [0, 0.05) is 11.1 Å². The summed E-state index contributed by atoms with van der Waals surface area (Å²) in [4.78, 5) is 12.3. The minimum absolute atomic E-state index is 0.208. The number of benzene rings is 2. The molecule has 0 amide bonds. The summed E-state index contributed by atoms with van der Waals surface area (Å²) in [5.74, 6) is 1.87. The van der Waals surface area contributed by atoms with E-state index in [-0.39, 0.29) is 5.78 Å². The summed E-state index contributed by atoms with van der Waals surface area (Å²) >= 11 is 0. The van der Waals surface area contributed by atoms with Crippen LogP contribution in [0.4, 0.5) is 0 Å². The van der Waals surface area contributed by atoms with E-state index in [2.05, 4.69) is 6.58 Å². The molecule has 2 aromatic carbocycles. The van der Waals surface area contributed by atoms with Gasteiger partial charge in [0.25, 0.3) is 0 Å². The van der Waals surface area contributed by atoms with Crippen molar-refractivity contribution < 1.29 is 23.7 Å². The van der Waals surface area contributed by atoms with Gasteiger partial charge in [0.15, 0.2) is 17.3 Å². The van der Waals surface area contributed by atoms with Gasteiger partial charge in [-0.2, -0.15) is 0 Å². The molecule has 5 nitrogen and oxygen atoms in total. The molecule has 5 heteroatoms. The van der Waals surface area contributed by atoms with E-state index in [9.17, 15) is 4.79 Å². The molecule has 0 heterocycles. The van der Waals surface area contributed by atoms with E-state index in [1.54, 1.807) is 45.6 Å². The second-order valence-corrected chi connectivity index (χ2v) is 4.86. The quantitative estimate of drug-likeness (QED) is 0.572. The van der Waals surface area contributed by atoms with Gasteiger partial charge >= 0.3 is 0 Å². The lowest BCUT2D eigenvalue weighted by molar-refractivity contribution is 0.104. The molecule has 0 bridgehead atoms. The molecule has 2 rings (SSSR count). The van der Waals surface area contributed by atoms with E-state index in [1.807, 2.05) is 6.07 Å². The molecule has 0 aliphatic heterocycles. The first-order valence-electron chi connectivity index (χ1n) is 7.25. The smallest absolute Gasteiger partial charge is 0.203 e. The van der Waals surface area contributed by atoms with Crippen LogP contribution in [-0.2, 0) is 0 Å². The standard InChI is InChI=1S/C19H20O5/c1-6-16(20)15-11-12(21-2)7-8-13(15)14-9-10-17(22-3)19(24-5)18(14)23-4/h6-11H,1H2,2-5H3. The number of hydrogen-bond acceptors (Lipinski definition) is 5. The van der Waals surface area contributed by atoms with Crippen molar-refractivity contribution in [1.82, 2.24) is 0 Å². The van der Waals surface area contributed by atoms with Crippen LogP contribution < -0.4 is 18.9 Å². The van der Waals surface area contributed by atoms with E-state index in [1.165, 1.54) is 13.2 Å². The second kappa shape index (κ2) is 7.55. The molecule has 0 fully saturated rings. The Morgan fingerprint density at radius 1 is 0.875 bits per heavy atom. The number of hydrogen-bond donors (Lipinski definition) is 0. The highest BCUT2D eigenvalue weighted by Gasteiger charge is 2.20. The predicted octanol–water partition coefficient (Wildman–Crippen LogP) is 3.76. The SMILES string of the molecule is C=CC(=O)c1cc(OC)ccc1-c1ccc(OC)c(OC)c1OC. The lowest BCUT2D eigenvalue weighted by Gasteiger charge is -2.17. The highest BCUT2D eigenvalue weighted by molar-refractivity contribution is 6.09. The Hall–Kier alpha value is -2.95. The Morgan fingerprint density at radius 2 is 1.54 bits per heavy atom. The minimum atomic E-state index is -0.208. The monoisotopic (exact) mass is 328 g/mol. The number of allylic oxidation sites excluding steroid dienone is 1. The third-order valence-electron chi connectivity index (χ3n) is 3.67. The zero-order valence-electron chi connectivity index (χ0n) is 14.2. The van der Waals surface area contributed by atoms with Crippen molar-refractivity contribution in [3.63, 3.8) is 0 Å². The average Bonchev–Trinajstić information content (AvgIpc) is 2.65. The van der Waals surface area contributed by atoms with Gasteiger partial charge in [-0.3, -0.25) is 4.79 Å². The van der Waals surface area contributed by atoms with Crippen LogP contribution in [0.3, 0.4) is 0 Å². The average molecular weight is 328 g/mol. The molecular formula is C19H20O5. The van der Waals surface area contributed by atoms with Crippen molar-refractivity contribution in [2.45, 2.75) is 0 Å². The van der Waals surface area contributed by atoms with Crippen LogP contribution in [0, 0.1) is 0 Å². The maximum atomic E-state index is 12.3. The molecule has 0 unspecified atom stereocenters. The fraction of sp³-hybridized carbons (Fsp3) is 0.211. The lowest BCUT2D eigenvalue weighted by atomic mass is 9.95. The van der Waals surface area contributed by atoms with Gasteiger partial charge in [-0.05, 0) is 42.0 Å². The molecule has 0 atom stereocenters. The Balaban J connectivity index is 2.76. The van der Waals surface area contributed by atoms with Gasteiger partial charge in [-0.15, -0.1) is 0 Å². The van der Waals surface area contributed by atoms with Crippen LogP contribution in [0.1, 0.15) is 10.4 Å². The third kappa shape index (κ3) is 3.06. The first kappa shape index (κ1) is 17.4. The van der Waals surface area contributed by atoms with Crippen molar-refractivity contribution in [2.75, 3.05) is 28.4 Å². The van der Waals surface area contributed by atoms with Crippen LogP contribution >= 0.6 is 0 Å². The molecule has 0 aromatic heterocycles. The summed E-state index contributed by atoms with van der Waals surface area (Å²) < 4.78 is 21.4. The molecule has 0 radical (unpaired) electrons. The number of rotatable bonds is 7. The fourth-order valence-electron chi connectivity index (χ4n) is 2.51. The molecular weight excluding hydrogens is 308 g/mol. The van der Waals surface area contributed by atoms with Gasteiger partial charge < -0.3 is 18.9 Å². The molecule has 0 aliphatic rings. The lowest BCUT2D eigenvalue weighted by Crippen LogP contribution is -2.01. The first-order valence-corrected chi connectivity index (χ1v) is 7.25. The van der Waals surface area contributed by atoms with Gasteiger partial charge in [0.1, 0.15) is 5.75 Å². The van der Waals surface area contributed by atoms with Crippen LogP contribution in [0.15, 0.2) is 43.0 Å². The van der Waals surface area contributed by atoms with Gasteiger partial charge in [0.05, 0.1) is 28.4 Å². The van der Waals surface area contributed by atoms with Crippen LogP contribution in [-0.4, -0.2) is 34.2 Å². The van der Waals surface area contributed by atoms with Crippen molar-refractivity contribution in [1.29, 1.82) is 0 Å². The zero-order chi connectivity index (χ0) is 17.7. The summed E-state index contributed by atoms with van der Waals surface area (Å²) in [6.45, 7) is 3.56. The van der Waals surface area contributed by atoms with Gasteiger partial charge in [-0.1, -0.05) is 6.58 Å². The summed E-state index contributed by atoms with van der Waals surface area (Å²) in [5.41, 5.74) is 1.87. The highest BCUT2D eigenvalue weighted by Crippen LogP contribution is 2.45. The molecule has 0 N–H and O–H groups in total. The van der Waals surface area contributed by atoms with E-state index in [0.29, 0.717) is 39.7 Å². The number of methoxy groups -OCH3 is 4. The van der Waals surface area contributed by atoms with Gasteiger partial charge in [-0.25, -0.2) is 0 Å². The van der Waals surface area contributed by atoms with Crippen molar-refractivity contribution in [3.8, 4) is 34.1 Å². The topological polar surface area (TPSA) is 54.0 Å². The van der Waals surface area contributed by atoms with Crippen LogP contribution in [0.25, 0.3) is 11.1 Å². The van der Waals surface area contributed by atoms with E-state index < -0.39 is 0 Å². The van der Waals surface area contributed by atoms with Crippen LogP contribution in [0.5, 0.6) is 23.0 Å². The zero-order valence-corrected chi connectivity index (χ0v) is 14.2. The molecule has 0 aliphatic carbocycles. The first-order chi connectivity index (χ1) is 11.6. The fourth-order valence-corrected chi connectivity index (χ4v) is 2.51. The molecule has 2 aromatic rings. The number of ether oxygens (including phenoxy) is 4. The minimum Gasteiger partial charge on any atom is -0.497 e. The molecule has 0 spiro atoms. The van der Waals surface area contributed by atoms with Crippen molar-refractivity contribution in [3.05, 3.63) is 48.6 Å². The predicted molar refractivity (Wildman–Crippen MR) is 92.6 cm³/mol.